The minimum absolute atomic E-state index is 0.00931. The summed E-state index contributed by atoms with van der Waals surface area (Å²) in [7, 11) is -2.61. The van der Waals surface area contributed by atoms with Gasteiger partial charge in [0.25, 0.3) is 0 Å². The molecule has 1 saturated heterocycles. The number of hydrogen-bond donors (Lipinski definition) is 3. The number of ether oxygens (including phenoxy) is 3. The zero-order chi connectivity index (χ0) is 30.2. The molecule has 0 bridgehead atoms. The van der Waals surface area contributed by atoms with Crippen molar-refractivity contribution in [1.82, 2.24) is 24.6 Å². The third-order valence-corrected chi connectivity index (χ3v) is 8.22. The molecule has 2 aromatic heterocycles. The Bertz CT molecular complexity index is 1560. The number of para-hydroxylation sites is 1. The maximum atomic E-state index is 13.8. The molecule has 1 aliphatic heterocycles. The van der Waals surface area contributed by atoms with Gasteiger partial charge in [0.2, 0.25) is 11.8 Å². The molecule has 14 nitrogen and oxygen atoms in total. The lowest BCUT2D eigenvalue weighted by molar-refractivity contribution is -0.143. The number of imidazole rings is 1. The number of fused-ring (bicyclic) bond motifs is 1. The smallest absolute Gasteiger partial charge is 0.459 e. The number of hydrogen-bond acceptors (Lipinski definition) is 12. The largest absolute Gasteiger partial charge is 0.479 e. The predicted molar refractivity (Wildman–Crippen MR) is 155 cm³/mol. The van der Waals surface area contributed by atoms with Gasteiger partial charge in [0.15, 0.2) is 11.2 Å². The van der Waals surface area contributed by atoms with Crippen molar-refractivity contribution in [2.45, 2.75) is 31.8 Å². The molecule has 43 heavy (non-hydrogen) atoms. The summed E-state index contributed by atoms with van der Waals surface area (Å²) in [6, 6.07) is 17.7. The first-order chi connectivity index (χ1) is 20.9. The minimum atomic E-state index is -4.07. The predicted octanol–water partition coefficient (Wildman–Crippen LogP) is 3.24. The number of anilines is 1. The molecule has 0 saturated carbocycles. The molecule has 228 valence electrons. The van der Waals surface area contributed by atoms with Crippen molar-refractivity contribution in [1.29, 1.82) is 0 Å². The van der Waals surface area contributed by atoms with Gasteiger partial charge in [-0.05, 0) is 30.5 Å². The summed E-state index contributed by atoms with van der Waals surface area (Å²) in [5, 5.41) is 12.3. The molecule has 0 amide bonds. The van der Waals surface area contributed by atoms with Crippen LogP contribution < -0.4 is 20.1 Å². The highest BCUT2D eigenvalue weighted by Crippen LogP contribution is 2.46. The van der Waals surface area contributed by atoms with E-state index >= 15 is 0 Å². The standard InChI is InChI=1S/C28H33N6O8P/c1-38-26-24-25(32-28(29)33-26)34(18-30-24)27-20(12-13-35)14-22(41-27)17-40-43(37,42-21-10-6-3-7-11-21)31-15-23(36)39-16-19-8-4-2-5-9-19/h2-11,18,20,22,27,35H,12-17H2,1H3,(H,31,37)(H2,29,32,33). The summed E-state index contributed by atoms with van der Waals surface area (Å²) in [6.07, 6.45) is 1.31. The van der Waals surface area contributed by atoms with Crippen LogP contribution in [0.3, 0.4) is 0 Å². The molecule has 0 spiro atoms. The van der Waals surface area contributed by atoms with Crippen molar-refractivity contribution in [3.63, 3.8) is 0 Å². The molecule has 4 atom stereocenters. The number of nitrogens with one attached hydrogen (secondary N) is 1. The van der Waals surface area contributed by atoms with E-state index in [0.29, 0.717) is 24.0 Å². The lowest BCUT2D eigenvalue weighted by Gasteiger charge is -2.22. The van der Waals surface area contributed by atoms with E-state index in [1.54, 1.807) is 41.2 Å². The van der Waals surface area contributed by atoms with Gasteiger partial charge in [-0.2, -0.15) is 9.97 Å². The van der Waals surface area contributed by atoms with Gasteiger partial charge in [-0.25, -0.2) is 14.6 Å². The molecule has 15 heteroatoms. The Hall–Kier alpha value is -4.07. The third kappa shape index (κ3) is 7.66. The van der Waals surface area contributed by atoms with Gasteiger partial charge in [-0.15, -0.1) is 0 Å². The Morgan fingerprint density at radius 3 is 2.63 bits per heavy atom. The summed E-state index contributed by atoms with van der Waals surface area (Å²) in [5.41, 5.74) is 7.51. The Morgan fingerprint density at radius 2 is 1.91 bits per heavy atom. The summed E-state index contributed by atoms with van der Waals surface area (Å²) >= 11 is 0. The number of carbonyl (C=O) groups is 1. The number of aliphatic hydroxyl groups is 1. The van der Waals surface area contributed by atoms with E-state index in [2.05, 4.69) is 20.0 Å². The van der Waals surface area contributed by atoms with Gasteiger partial charge in [0, 0.05) is 12.5 Å². The van der Waals surface area contributed by atoms with Crippen LogP contribution in [0.25, 0.3) is 11.2 Å². The topological polar surface area (TPSA) is 182 Å². The number of carbonyl (C=O) groups excluding carboxylic acids is 1. The van der Waals surface area contributed by atoms with Crippen molar-refractivity contribution in [2.75, 3.05) is 32.6 Å². The zero-order valence-corrected chi connectivity index (χ0v) is 24.3. The number of methoxy groups -OCH3 is 1. The summed E-state index contributed by atoms with van der Waals surface area (Å²) < 4.78 is 43.9. The van der Waals surface area contributed by atoms with Crippen LogP contribution in [0.5, 0.6) is 11.6 Å². The van der Waals surface area contributed by atoms with E-state index in [-0.39, 0.29) is 43.3 Å². The maximum Gasteiger partial charge on any atom is 0.459 e. The van der Waals surface area contributed by atoms with Gasteiger partial charge >= 0.3 is 13.7 Å². The lowest BCUT2D eigenvalue weighted by atomic mass is 10.00. The van der Waals surface area contributed by atoms with Crippen LogP contribution in [0.2, 0.25) is 0 Å². The molecule has 5 rings (SSSR count). The highest BCUT2D eigenvalue weighted by atomic mass is 31.2. The molecule has 2 aromatic carbocycles. The molecule has 4 unspecified atom stereocenters. The van der Waals surface area contributed by atoms with Crippen molar-refractivity contribution >= 4 is 30.8 Å². The van der Waals surface area contributed by atoms with E-state index in [0.717, 1.165) is 5.56 Å². The molecular weight excluding hydrogens is 579 g/mol. The second kappa shape index (κ2) is 13.9. The zero-order valence-electron chi connectivity index (χ0n) is 23.4. The number of nitrogen functional groups attached to an aromatic ring is 1. The van der Waals surface area contributed by atoms with Crippen molar-refractivity contribution < 1.29 is 37.7 Å². The fourth-order valence-electron chi connectivity index (χ4n) is 4.74. The average Bonchev–Trinajstić information content (AvgIpc) is 3.62. The van der Waals surface area contributed by atoms with Gasteiger partial charge in [-0.3, -0.25) is 13.9 Å². The Kier molecular flexibility index (Phi) is 9.85. The summed E-state index contributed by atoms with van der Waals surface area (Å²) in [6.45, 7) is -0.557. The second-order valence-electron chi connectivity index (χ2n) is 9.75. The van der Waals surface area contributed by atoms with Crippen LogP contribution in [0.4, 0.5) is 5.95 Å². The number of esters is 1. The highest BCUT2D eigenvalue weighted by molar-refractivity contribution is 7.52. The quantitative estimate of drug-likeness (QED) is 0.140. The first kappa shape index (κ1) is 30.4. The lowest BCUT2D eigenvalue weighted by Crippen LogP contribution is -2.27. The number of aliphatic hydroxyl groups excluding tert-OH is 1. The average molecular weight is 613 g/mol. The van der Waals surface area contributed by atoms with Crippen LogP contribution in [0, 0.1) is 5.92 Å². The van der Waals surface area contributed by atoms with Crippen LogP contribution in [0.15, 0.2) is 67.0 Å². The summed E-state index contributed by atoms with van der Waals surface area (Å²) in [5.74, 6) is -0.266. The fraction of sp³-hybridized carbons (Fsp3) is 0.357. The van der Waals surface area contributed by atoms with Crippen LogP contribution in [-0.2, 0) is 30.0 Å². The van der Waals surface area contributed by atoms with Crippen molar-refractivity contribution in [3.8, 4) is 11.6 Å². The highest BCUT2D eigenvalue weighted by Gasteiger charge is 2.39. The van der Waals surface area contributed by atoms with E-state index in [4.69, 9.17) is 29.0 Å². The van der Waals surface area contributed by atoms with Crippen molar-refractivity contribution in [3.05, 3.63) is 72.6 Å². The molecule has 4 N–H and O–H groups in total. The third-order valence-electron chi connectivity index (χ3n) is 6.73. The van der Waals surface area contributed by atoms with Gasteiger partial charge < -0.3 is 29.6 Å². The summed E-state index contributed by atoms with van der Waals surface area (Å²) in [4.78, 5) is 25.2. The molecule has 4 aromatic rings. The van der Waals surface area contributed by atoms with Gasteiger partial charge in [0.1, 0.15) is 25.1 Å². The molecular formula is C28H33N6O8P. The molecule has 1 aliphatic rings. The molecule has 0 radical (unpaired) electrons. The number of rotatable bonds is 14. The minimum Gasteiger partial charge on any atom is -0.479 e. The van der Waals surface area contributed by atoms with E-state index in [9.17, 15) is 14.5 Å². The Morgan fingerprint density at radius 1 is 1.16 bits per heavy atom. The Balaban J connectivity index is 1.27. The van der Waals surface area contributed by atoms with Crippen LogP contribution >= 0.6 is 7.75 Å². The second-order valence-corrected chi connectivity index (χ2v) is 11.5. The molecule has 0 aliphatic carbocycles. The van der Waals surface area contributed by atoms with Gasteiger partial charge in [0.05, 0.1) is 26.1 Å². The van der Waals surface area contributed by atoms with E-state index < -0.39 is 32.6 Å². The van der Waals surface area contributed by atoms with Crippen LogP contribution in [0.1, 0.15) is 24.6 Å². The molecule has 1 fully saturated rings. The number of nitrogens with two attached hydrogens (primary N) is 1. The van der Waals surface area contributed by atoms with Crippen molar-refractivity contribution in [2.24, 2.45) is 5.92 Å². The monoisotopic (exact) mass is 612 g/mol. The normalized spacial score (nSPS) is 19.6. The number of nitrogens with zero attached hydrogens (tertiary/aromatic N) is 4. The maximum absolute atomic E-state index is 13.8. The van der Waals surface area contributed by atoms with E-state index in [1.165, 1.54) is 7.11 Å². The number of benzene rings is 2. The molecule has 3 heterocycles. The van der Waals surface area contributed by atoms with Gasteiger partial charge in [-0.1, -0.05) is 48.5 Å². The SMILES string of the molecule is COc1nc(N)nc2c1ncn2C1OC(COP(=O)(NCC(=O)OCc2ccccc2)Oc2ccccc2)CC1CCO. The number of aromatic nitrogens is 4. The fourth-order valence-corrected chi connectivity index (χ4v) is 6.03. The first-order valence-corrected chi connectivity index (χ1v) is 15.2. The van der Waals surface area contributed by atoms with Crippen LogP contribution in [-0.4, -0.2) is 63.6 Å². The first-order valence-electron chi connectivity index (χ1n) is 13.6. The van der Waals surface area contributed by atoms with E-state index in [1.807, 2.05) is 30.3 Å². The Labute approximate surface area is 247 Å².